The van der Waals surface area contributed by atoms with Crippen LogP contribution in [0.5, 0.6) is 0 Å². The average molecular weight is 923 g/mol. The maximum atomic E-state index is 5.53. The molecule has 71 heavy (non-hydrogen) atoms. The second kappa shape index (κ2) is 18.6. The minimum absolute atomic E-state index is 0.425. The first-order valence-electron chi connectivity index (χ1n) is 25.0. The highest BCUT2D eigenvalue weighted by Gasteiger charge is 2.24. The summed E-state index contributed by atoms with van der Waals surface area (Å²) in [5.74, 6) is 2.62. The van der Waals surface area contributed by atoms with Crippen molar-refractivity contribution < 1.29 is 0 Å². The Hall–Kier alpha value is -8.22. The molecule has 0 atom stereocenters. The third-order valence-electron chi connectivity index (χ3n) is 13.5. The summed E-state index contributed by atoms with van der Waals surface area (Å²) in [5.41, 5.74) is 19.2. The highest BCUT2D eigenvalue weighted by Crippen LogP contribution is 2.45. The minimum Gasteiger partial charge on any atom is -0.292 e. The number of para-hydroxylation sites is 5. The van der Waals surface area contributed by atoms with E-state index in [-0.39, 0.29) is 0 Å². The fraction of sp³-hybridized carbons (Fsp3) is 0.169. The number of hydrogen-bond acceptors (Lipinski definition) is 4. The summed E-state index contributed by atoms with van der Waals surface area (Å²) < 4.78 is 4.53. The van der Waals surface area contributed by atoms with Crippen LogP contribution in [0.1, 0.15) is 57.1 Å². The SMILES string of the molecule is C=C/C=C(\C=C/C)n1c(-c2cccc(-c3cc4c(cc(-c5cccc(-c6nc7ccccc7n6-c6ccccc6)c5)c5c(CC(C)C)cc(C)nc54)c4nc(C)cc(CC(C)C)c34)c2)nc2ccccc21. The van der Waals surface area contributed by atoms with Crippen molar-refractivity contribution in [2.45, 2.75) is 61.3 Å². The van der Waals surface area contributed by atoms with Gasteiger partial charge in [0.05, 0.1) is 33.1 Å². The molecule has 348 valence electrons. The highest BCUT2D eigenvalue weighted by molar-refractivity contribution is 6.23. The number of allylic oxidation sites excluding steroid dienone is 5. The summed E-state index contributed by atoms with van der Waals surface area (Å²) in [5, 5.41) is 4.55. The van der Waals surface area contributed by atoms with Crippen molar-refractivity contribution in [1.29, 1.82) is 0 Å². The first-order chi connectivity index (χ1) is 34.6. The van der Waals surface area contributed by atoms with Crippen molar-refractivity contribution in [3.05, 3.63) is 205 Å². The molecule has 6 heteroatoms. The fourth-order valence-electron chi connectivity index (χ4n) is 10.8. The van der Waals surface area contributed by atoms with E-state index in [0.29, 0.717) is 11.8 Å². The lowest BCUT2D eigenvalue weighted by molar-refractivity contribution is 0.649. The van der Waals surface area contributed by atoms with Gasteiger partial charge in [-0.05, 0) is 164 Å². The first kappa shape index (κ1) is 45.2. The highest BCUT2D eigenvalue weighted by atomic mass is 15.1. The molecule has 0 aliphatic rings. The molecule has 6 nitrogen and oxygen atoms in total. The predicted molar refractivity (Wildman–Crippen MR) is 300 cm³/mol. The van der Waals surface area contributed by atoms with E-state index >= 15 is 0 Å². The number of aryl methyl sites for hydroxylation is 2. The van der Waals surface area contributed by atoms with Crippen LogP contribution in [0.3, 0.4) is 0 Å². The standard InChI is InChI=1S/C65H58N6/c1-9-20-50(21-10-2)70-58-30-16-14-28-56(58)68-64(70)46-24-18-22-44(36-46)52-38-54-55(62-60(52)48(32-40(3)4)34-42(7)66-62)39-53(61-49(33-41(5)6)35-43(8)67-63(54)61)45-23-19-25-47(37-45)65-69-57-29-15-17-31-59(57)71(65)51-26-12-11-13-27-51/h9-31,34-41H,1,32-33H2,2-8H3/b21-10-,50-20+. The molecule has 0 amide bonds. The molecule has 0 saturated carbocycles. The summed E-state index contributed by atoms with van der Waals surface area (Å²) >= 11 is 0. The van der Waals surface area contributed by atoms with Gasteiger partial charge in [-0.25, -0.2) is 9.97 Å². The normalized spacial score (nSPS) is 12.3. The Bertz CT molecular complexity index is 3940. The van der Waals surface area contributed by atoms with Crippen LogP contribution in [0.15, 0.2) is 183 Å². The van der Waals surface area contributed by atoms with Crippen LogP contribution in [0.4, 0.5) is 0 Å². The van der Waals surface area contributed by atoms with Crippen molar-refractivity contribution in [1.82, 2.24) is 29.1 Å². The lowest BCUT2D eigenvalue weighted by atomic mass is 9.85. The van der Waals surface area contributed by atoms with Gasteiger partial charge in [-0.2, -0.15) is 0 Å². The second-order valence-corrected chi connectivity index (χ2v) is 19.8. The molecule has 11 rings (SSSR count). The zero-order valence-corrected chi connectivity index (χ0v) is 41.7. The third-order valence-corrected chi connectivity index (χ3v) is 13.5. The molecule has 0 N–H and O–H groups in total. The van der Waals surface area contributed by atoms with E-state index in [4.69, 9.17) is 19.9 Å². The summed E-state index contributed by atoms with van der Waals surface area (Å²) in [4.78, 5) is 21.6. The van der Waals surface area contributed by atoms with Crippen LogP contribution in [0, 0.1) is 25.7 Å². The summed E-state index contributed by atoms with van der Waals surface area (Å²) in [6, 6.07) is 54.6. The Balaban J connectivity index is 1.21. The average Bonchev–Trinajstić information content (AvgIpc) is 3.95. The largest absolute Gasteiger partial charge is 0.292 e. The lowest BCUT2D eigenvalue weighted by Crippen LogP contribution is -2.03. The van der Waals surface area contributed by atoms with Gasteiger partial charge in [-0.15, -0.1) is 0 Å². The lowest BCUT2D eigenvalue weighted by Gasteiger charge is -2.21. The van der Waals surface area contributed by atoms with Crippen LogP contribution in [-0.2, 0) is 12.8 Å². The molecule has 0 aliphatic heterocycles. The molecule has 4 heterocycles. The molecule has 4 aromatic heterocycles. The van der Waals surface area contributed by atoms with Crippen molar-refractivity contribution >= 4 is 60.3 Å². The molecule has 0 saturated heterocycles. The van der Waals surface area contributed by atoms with Crippen LogP contribution in [-0.4, -0.2) is 29.1 Å². The summed E-state index contributed by atoms with van der Waals surface area (Å²) in [6.07, 6.45) is 9.89. The molecule has 0 unspecified atom stereocenters. The Morgan fingerprint density at radius 1 is 0.535 bits per heavy atom. The summed E-state index contributed by atoms with van der Waals surface area (Å²) in [6.45, 7) is 19.6. The van der Waals surface area contributed by atoms with Gasteiger partial charge in [0, 0.05) is 55.4 Å². The van der Waals surface area contributed by atoms with Gasteiger partial charge < -0.3 is 0 Å². The zero-order valence-electron chi connectivity index (χ0n) is 41.7. The number of aromatic nitrogens is 6. The maximum Gasteiger partial charge on any atom is 0.145 e. The first-order valence-corrected chi connectivity index (χ1v) is 25.0. The van der Waals surface area contributed by atoms with E-state index in [9.17, 15) is 0 Å². The number of imidazole rings is 2. The molecular weight excluding hydrogens is 865 g/mol. The Kier molecular flexibility index (Phi) is 11.8. The number of rotatable bonds is 12. The van der Waals surface area contributed by atoms with Gasteiger partial charge in [0.1, 0.15) is 11.6 Å². The quantitative estimate of drug-likeness (QED) is 0.0905. The van der Waals surface area contributed by atoms with Gasteiger partial charge in [0.25, 0.3) is 0 Å². The Morgan fingerprint density at radius 2 is 1.03 bits per heavy atom. The van der Waals surface area contributed by atoms with Crippen molar-refractivity contribution in [3.8, 4) is 50.7 Å². The molecule has 11 aromatic rings. The third kappa shape index (κ3) is 8.23. The van der Waals surface area contributed by atoms with Crippen LogP contribution < -0.4 is 0 Å². The summed E-state index contributed by atoms with van der Waals surface area (Å²) in [7, 11) is 0. The molecule has 0 aliphatic carbocycles. The molecular formula is C65H58N6. The van der Waals surface area contributed by atoms with Gasteiger partial charge in [-0.3, -0.25) is 19.1 Å². The number of benzene rings is 7. The zero-order chi connectivity index (χ0) is 48.9. The van der Waals surface area contributed by atoms with E-state index in [1.807, 2.05) is 19.1 Å². The van der Waals surface area contributed by atoms with E-state index in [2.05, 4.69) is 221 Å². The second-order valence-electron chi connectivity index (χ2n) is 19.8. The van der Waals surface area contributed by atoms with Crippen LogP contribution in [0.25, 0.3) is 111 Å². The van der Waals surface area contributed by atoms with Gasteiger partial charge in [-0.1, -0.05) is 125 Å². The number of hydrogen-bond donors (Lipinski definition) is 0. The van der Waals surface area contributed by atoms with Crippen molar-refractivity contribution in [2.75, 3.05) is 0 Å². The Morgan fingerprint density at radius 3 is 1.58 bits per heavy atom. The minimum atomic E-state index is 0.425. The molecule has 0 spiro atoms. The van der Waals surface area contributed by atoms with Gasteiger partial charge >= 0.3 is 0 Å². The molecule has 7 aromatic carbocycles. The van der Waals surface area contributed by atoms with Gasteiger partial charge in [0.15, 0.2) is 0 Å². The van der Waals surface area contributed by atoms with Crippen molar-refractivity contribution in [2.24, 2.45) is 11.8 Å². The molecule has 0 fully saturated rings. The van der Waals surface area contributed by atoms with Crippen molar-refractivity contribution in [3.63, 3.8) is 0 Å². The molecule has 0 radical (unpaired) electrons. The maximum absolute atomic E-state index is 5.53. The van der Waals surface area contributed by atoms with Crippen LogP contribution in [0.2, 0.25) is 0 Å². The number of nitrogens with zero attached hydrogens (tertiary/aromatic N) is 6. The number of fused-ring (bicyclic) bond motifs is 7. The fourth-order valence-corrected chi connectivity index (χ4v) is 10.8. The van der Waals surface area contributed by atoms with Crippen LogP contribution >= 0.6 is 0 Å². The van der Waals surface area contributed by atoms with E-state index in [1.54, 1.807) is 0 Å². The Labute approximate surface area is 416 Å². The molecule has 0 bridgehead atoms. The van der Waals surface area contributed by atoms with E-state index in [0.717, 1.165) is 125 Å². The predicted octanol–water partition coefficient (Wildman–Crippen LogP) is 16.9. The number of pyridine rings is 2. The monoisotopic (exact) mass is 922 g/mol. The van der Waals surface area contributed by atoms with E-state index in [1.165, 1.54) is 21.9 Å². The smallest absolute Gasteiger partial charge is 0.145 e. The van der Waals surface area contributed by atoms with E-state index < -0.39 is 0 Å². The van der Waals surface area contributed by atoms with Gasteiger partial charge in [0.2, 0.25) is 0 Å². The topological polar surface area (TPSA) is 61.4 Å².